The van der Waals surface area contributed by atoms with E-state index in [-0.39, 0.29) is 25.5 Å². The lowest BCUT2D eigenvalue weighted by Gasteiger charge is -2.25. The molecule has 0 rings (SSSR count). The second-order valence-corrected chi connectivity index (χ2v) is 18.9. The Kier molecular flexibility index (Phi) is 45.0. The number of allylic oxidation sites excluding steroid dienone is 27. The highest BCUT2D eigenvalue weighted by atomic mass is 31.2. The van der Waals surface area contributed by atoms with Crippen LogP contribution in [0.3, 0.4) is 0 Å². The summed E-state index contributed by atoms with van der Waals surface area (Å²) in [6.45, 7) is 4.48. The van der Waals surface area contributed by atoms with Crippen LogP contribution in [0, 0.1) is 0 Å². The van der Waals surface area contributed by atoms with Crippen molar-refractivity contribution in [1.82, 2.24) is 5.32 Å². The summed E-state index contributed by atoms with van der Waals surface area (Å²) in [5.41, 5.74) is 0. The summed E-state index contributed by atoms with van der Waals surface area (Å²) in [6, 6.07) is -0.896. The fourth-order valence-electron chi connectivity index (χ4n) is 5.92. The Morgan fingerprint density at radius 2 is 0.882 bits per heavy atom. The molecular formula is C59H94N2O6P+. The smallest absolute Gasteiger partial charge is 0.387 e. The van der Waals surface area contributed by atoms with Crippen molar-refractivity contribution in [2.75, 3.05) is 40.9 Å². The molecule has 3 unspecified atom stereocenters. The van der Waals surface area contributed by atoms with Gasteiger partial charge in [-0.15, -0.1) is 0 Å². The predicted octanol–water partition coefficient (Wildman–Crippen LogP) is 15.3. The van der Waals surface area contributed by atoms with Crippen LogP contribution in [0.1, 0.15) is 142 Å². The third-order valence-electron chi connectivity index (χ3n) is 9.90. The van der Waals surface area contributed by atoms with Gasteiger partial charge < -0.3 is 19.8 Å². The molecule has 0 aliphatic heterocycles. The maximum absolute atomic E-state index is 12.8. The van der Waals surface area contributed by atoms with Gasteiger partial charge in [-0.1, -0.05) is 190 Å². The number of aliphatic hydroxyl groups excluding tert-OH is 1. The van der Waals surface area contributed by atoms with Gasteiger partial charge in [0.05, 0.1) is 39.9 Å². The molecule has 8 nitrogen and oxygen atoms in total. The van der Waals surface area contributed by atoms with Gasteiger partial charge in [0.2, 0.25) is 5.91 Å². The van der Waals surface area contributed by atoms with Crippen molar-refractivity contribution in [2.24, 2.45) is 0 Å². The molecule has 3 N–H and O–H groups in total. The monoisotopic (exact) mass is 958 g/mol. The van der Waals surface area contributed by atoms with E-state index in [1.54, 1.807) is 6.08 Å². The highest BCUT2D eigenvalue weighted by Gasteiger charge is 2.27. The van der Waals surface area contributed by atoms with E-state index in [4.69, 9.17) is 9.05 Å². The number of nitrogens with zero attached hydrogens (tertiary/aromatic N) is 1. The number of hydrogen-bond acceptors (Lipinski definition) is 5. The van der Waals surface area contributed by atoms with E-state index in [9.17, 15) is 19.4 Å². The first kappa shape index (κ1) is 63.9. The molecule has 0 saturated heterocycles. The Morgan fingerprint density at radius 3 is 1.28 bits per heavy atom. The van der Waals surface area contributed by atoms with Gasteiger partial charge >= 0.3 is 7.82 Å². The minimum atomic E-state index is -4.36. The normalized spacial score (nSPS) is 15.5. The van der Waals surface area contributed by atoms with E-state index < -0.39 is 20.0 Å². The summed E-state index contributed by atoms with van der Waals surface area (Å²) in [4.78, 5) is 23.0. The van der Waals surface area contributed by atoms with Gasteiger partial charge in [-0.3, -0.25) is 13.8 Å². The van der Waals surface area contributed by atoms with E-state index in [0.29, 0.717) is 17.4 Å². The van der Waals surface area contributed by atoms with Crippen LogP contribution in [-0.4, -0.2) is 73.4 Å². The summed E-state index contributed by atoms with van der Waals surface area (Å²) in [6.07, 6.45) is 77.8. The van der Waals surface area contributed by atoms with Crippen LogP contribution in [-0.2, 0) is 18.4 Å². The third-order valence-corrected chi connectivity index (χ3v) is 10.9. The molecule has 0 heterocycles. The molecule has 380 valence electrons. The van der Waals surface area contributed by atoms with Crippen LogP contribution in [0.25, 0.3) is 0 Å². The fraction of sp³-hybridized carbons (Fsp3) is 0.508. The van der Waals surface area contributed by atoms with Gasteiger partial charge in [-0.25, -0.2) is 4.57 Å². The van der Waals surface area contributed by atoms with Crippen molar-refractivity contribution in [3.63, 3.8) is 0 Å². The minimum absolute atomic E-state index is 0.0369. The molecule has 0 saturated carbocycles. The van der Waals surface area contributed by atoms with Crippen molar-refractivity contribution in [1.29, 1.82) is 0 Å². The molecule has 0 radical (unpaired) electrons. The molecule has 0 spiro atoms. The first-order chi connectivity index (χ1) is 33.0. The van der Waals surface area contributed by atoms with Gasteiger partial charge in [0.25, 0.3) is 0 Å². The van der Waals surface area contributed by atoms with Gasteiger partial charge in [-0.2, -0.15) is 0 Å². The average molecular weight is 958 g/mol. The van der Waals surface area contributed by atoms with Crippen LogP contribution >= 0.6 is 7.82 Å². The van der Waals surface area contributed by atoms with Gasteiger partial charge in [0, 0.05) is 6.42 Å². The number of phosphoric ester groups is 1. The molecule has 0 bridgehead atoms. The number of phosphoric acid groups is 1. The molecule has 0 aliphatic carbocycles. The standard InChI is InChI=1S/C59H93N2O6P/c1-6-8-10-12-14-15-16-17-18-19-20-21-22-23-24-25-26-27-28-29-30-31-32-33-34-35-36-37-38-39-40-41-42-43-44-45-47-49-51-53-59(63)60-57(58(62)52-50-48-46-13-11-9-7-2)56-67-68(64,65)66-55-54-61(3,4)5/h8,10-11,13-15,17-18,20-21,23-24,26-27,29-30,32-33,35-36,38-39,41-42,44-45,50,52,57-58,62H,6-7,9,12,16,19,22,25,28,31,34,37,40,43,46-49,51,53-56H2,1-5H3,(H-,60,63,64,65)/p+1/b10-8-,13-11+,15-14-,18-17-,21-20-,24-23-,27-26-,30-29-,33-32-,36-35-,39-38-,42-41-,45-44-,52-50+. The number of carbonyl (C=O) groups excluding carboxylic acids is 1. The zero-order valence-electron chi connectivity index (χ0n) is 43.0. The summed E-state index contributed by atoms with van der Waals surface area (Å²) >= 11 is 0. The molecule has 0 aromatic carbocycles. The number of rotatable bonds is 43. The van der Waals surface area contributed by atoms with Crippen molar-refractivity contribution in [2.45, 2.75) is 154 Å². The molecule has 68 heavy (non-hydrogen) atoms. The summed E-state index contributed by atoms with van der Waals surface area (Å²) in [5, 5.41) is 13.6. The molecule has 0 aromatic rings. The number of carbonyl (C=O) groups is 1. The molecule has 9 heteroatoms. The quantitative estimate of drug-likeness (QED) is 0.0243. The number of quaternary nitrogens is 1. The lowest BCUT2D eigenvalue weighted by Crippen LogP contribution is -2.45. The second kappa shape index (κ2) is 47.9. The number of nitrogens with one attached hydrogen (secondary N) is 1. The number of hydrogen-bond donors (Lipinski definition) is 3. The number of amides is 1. The molecule has 0 fully saturated rings. The molecule has 0 aliphatic rings. The van der Waals surface area contributed by atoms with Crippen LogP contribution in [0.5, 0.6) is 0 Å². The Bertz CT molecular complexity index is 1700. The Balaban J connectivity index is 4.17. The Morgan fingerprint density at radius 1 is 0.515 bits per heavy atom. The SMILES string of the molecule is CC/C=C\C/C=C\C/C=C\C/C=C\C/C=C\C/C=C\C/C=C\C/C=C\C/C=C\C/C=C\C/C=C\C/C=C\CCCCC(=O)NC(COP(=O)(O)OCC[N+](C)(C)C)C(O)/C=C/CC/C=C/CCC. The van der Waals surface area contributed by atoms with Crippen molar-refractivity contribution in [3.8, 4) is 0 Å². The number of unbranched alkanes of at least 4 members (excludes halogenated alkanes) is 4. The van der Waals surface area contributed by atoms with Gasteiger partial charge in [-0.05, 0) is 116 Å². The average Bonchev–Trinajstić information content (AvgIpc) is 3.30. The first-order valence-corrected chi connectivity index (χ1v) is 27.0. The van der Waals surface area contributed by atoms with Crippen molar-refractivity contribution in [3.05, 3.63) is 170 Å². The predicted molar refractivity (Wildman–Crippen MR) is 294 cm³/mol. The molecule has 1 amide bonds. The largest absolute Gasteiger partial charge is 0.472 e. The summed E-state index contributed by atoms with van der Waals surface area (Å²) < 4.78 is 23.4. The Hall–Kier alpha value is -4.14. The highest BCUT2D eigenvalue weighted by Crippen LogP contribution is 2.43. The third kappa shape index (κ3) is 49.8. The van der Waals surface area contributed by atoms with Crippen LogP contribution in [0.4, 0.5) is 0 Å². The van der Waals surface area contributed by atoms with Gasteiger partial charge in [0.1, 0.15) is 13.2 Å². The number of aliphatic hydroxyl groups is 1. The lowest BCUT2D eigenvalue weighted by molar-refractivity contribution is -0.870. The second-order valence-electron chi connectivity index (χ2n) is 17.4. The summed E-state index contributed by atoms with van der Waals surface area (Å²) in [7, 11) is 1.49. The van der Waals surface area contributed by atoms with Crippen LogP contribution in [0.15, 0.2) is 170 Å². The molecule has 3 atom stereocenters. The van der Waals surface area contributed by atoms with E-state index in [0.717, 1.165) is 116 Å². The first-order valence-electron chi connectivity index (χ1n) is 25.5. The number of likely N-dealkylation sites (N-methyl/N-ethyl adjacent to an activating group) is 1. The lowest BCUT2D eigenvalue weighted by atomic mass is 10.1. The highest BCUT2D eigenvalue weighted by molar-refractivity contribution is 7.47. The Labute approximate surface area is 415 Å². The molecular weight excluding hydrogens is 864 g/mol. The van der Waals surface area contributed by atoms with Crippen molar-refractivity contribution >= 4 is 13.7 Å². The minimum Gasteiger partial charge on any atom is -0.387 e. The zero-order valence-corrected chi connectivity index (χ0v) is 43.9. The van der Waals surface area contributed by atoms with Crippen LogP contribution in [0.2, 0.25) is 0 Å². The van der Waals surface area contributed by atoms with E-state index in [2.05, 4.69) is 177 Å². The van der Waals surface area contributed by atoms with Crippen LogP contribution < -0.4 is 5.32 Å². The van der Waals surface area contributed by atoms with E-state index in [1.165, 1.54) is 0 Å². The van der Waals surface area contributed by atoms with Gasteiger partial charge in [0.15, 0.2) is 0 Å². The molecule has 0 aromatic heterocycles. The maximum Gasteiger partial charge on any atom is 0.472 e. The van der Waals surface area contributed by atoms with E-state index >= 15 is 0 Å². The maximum atomic E-state index is 12.8. The van der Waals surface area contributed by atoms with Crippen molar-refractivity contribution < 1.29 is 32.9 Å². The fourth-order valence-corrected chi connectivity index (χ4v) is 6.66. The zero-order chi connectivity index (χ0) is 49.9. The van der Waals surface area contributed by atoms with E-state index in [1.807, 2.05) is 27.2 Å². The summed E-state index contributed by atoms with van der Waals surface area (Å²) in [5.74, 6) is -0.244. The topological polar surface area (TPSA) is 105 Å².